The van der Waals surface area contributed by atoms with Crippen molar-refractivity contribution < 1.29 is 9.53 Å². The lowest BCUT2D eigenvalue weighted by Gasteiger charge is -2.28. The first kappa shape index (κ1) is 13.4. The number of carbonyl (C=O) groups excluding carboxylic acids is 1. The van der Waals surface area contributed by atoms with E-state index in [2.05, 4.69) is 16.9 Å². The number of aromatic nitrogens is 1. The molecule has 1 aromatic rings. The molecule has 1 amide bonds. The first-order valence-electron chi connectivity index (χ1n) is 7.12. The lowest BCUT2D eigenvalue weighted by atomic mass is 10.0. The van der Waals surface area contributed by atoms with Gasteiger partial charge in [0, 0.05) is 12.2 Å². The SMILES string of the molecule is CN1CCCC1c1ccnc(N2C(=O)OCC2(C)C)c1. The largest absolute Gasteiger partial charge is 0.447 e. The molecule has 0 spiro atoms. The van der Waals surface area contributed by atoms with E-state index in [1.165, 1.54) is 12.0 Å². The van der Waals surface area contributed by atoms with Crippen molar-refractivity contribution in [1.82, 2.24) is 9.88 Å². The monoisotopic (exact) mass is 275 g/mol. The van der Waals surface area contributed by atoms with Crippen LogP contribution in [0, 0.1) is 0 Å². The second kappa shape index (κ2) is 4.74. The number of hydrogen-bond donors (Lipinski definition) is 0. The third-order valence-electron chi connectivity index (χ3n) is 4.24. The van der Waals surface area contributed by atoms with Crippen LogP contribution in [-0.2, 0) is 4.74 Å². The molecule has 0 radical (unpaired) electrons. The van der Waals surface area contributed by atoms with Crippen molar-refractivity contribution in [3.8, 4) is 0 Å². The highest BCUT2D eigenvalue weighted by Gasteiger charge is 2.42. The molecular formula is C15H21N3O2. The Balaban J connectivity index is 1.93. The Labute approximate surface area is 119 Å². The quantitative estimate of drug-likeness (QED) is 0.832. The molecule has 2 saturated heterocycles. The number of pyridine rings is 1. The maximum Gasteiger partial charge on any atom is 0.416 e. The normalized spacial score (nSPS) is 26.1. The lowest BCUT2D eigenvalue weighted by molar-refractivity contribution is 0.175. The molecule has 2 aliphatic heterocycles. The molecule has 2 aliphatic rings. The van der Waals surface area contributed by atoms with Crippen LogP contribution < -0.4 is 4.90 Å². The van der Waals surface area contributed by atoms with E-state index in [-0.39, 0.29) is 11.6 Å². The minimum absolute atomic E-state index is 0.306. The average Bonchev–Trinajstić information content (AvgIpc) is 2.93. The third-order valence-corrected chi connectivity index (χ3v) is 4.24. The van der Waals surface area contributed by atoms with Crippen molar-refractivity contribution in [2.45, 2.75) is 38.3 Å². The first-order valence-corrected chi connectivity index (χ1v) is 7.12. The van der Waals surface area contributed by atoms with E-state index in [1.54, 1.807) is 11.1 Å². The molecule has 0 saturated carbocycles. The Kier molecular flexibility index (Phi) is 3.17. The topological polar surface area (TPSA) is 45.7 Å². The second-order valence-electron chi connectivity index (χ2n) is 6.29. The summed E-state index contributed by atoms with van der Waals surface area (Å²) >= 11 is 0. The number of amides is 1. The maximum absolute atomic E-state index is 11.9. The van der Waals surface area contributed by atoms with E-state index >= 15 is 0 Å². The highest BCUT2D eigenvalue weighted by atomic mass is 16.6. The van der Waals surface area contributed by atoms with Gasteiger partial charge in [-0.1, -0.05) is 0 Å². The smallest absolute Gasteiger partial charge is 0.416 e. The predicted molar refractivity (Wildman–Crippen MR) is 76.7 cm³/mol. The van der Waals surface area contributed by atoms with Gasteiger partial charge in [0.1, 0.15) is 12.4 Å². The van der Waals surface area contributed by atoms with E-state index in [0.29, 0.717) is 18.5 Å². The zero-order valence-electron chi connectivity index (χ0n) is 12.3. The van der Waals surface area contributed by atoms with E-state index in [4.69, 9.17) is 4.74 Å². The zero-order valence-corrected chi connectivity index (χ0v) is 12.3. The number of anilines is 1. The van der Waals surface area contributed by atoms with E-state index in [9.17, 15) is 4.79 Å². The molecule has 2 fully saturated rings. The molecule has 0 bridgehead atoms. The molecule has 1 unspecified atom stereocenters. The van der Waals surface area contributed by atoms with Gasteiger partial charge in [-0.25, -0.2) is 9.78 Å². The van der Waals surface area contributed by atoms with Crippen molar-refractivity contribution in [3.63, 3.8) is 0 Å². The van der Waals surface area contributed by atoms with Gasteiger partial charge in [-0.3, -0.25) is 9.80 Å². The number of rotatable bonds is 2. The fourth-order valence-corrected chi connectivity index (χ4v) is 3.11. The van der Waals surface area contributed by atoms with Gasteiger partial charge in [-0.15, -0.1) is 0 Å². The first-order chi connectivity index (χ1) is 9.49. The maximum atomic E-state index is 11.9. The van der Waals surface area contributed by atoms with Crippen LogP contribution in [0.5, 0.6) is 0 Å². The Morgan fingerprint density at radius 1 is 1.45 bits per heavy atom. The summed E-state index contributed by atoms with van der Waals surface area (Å²) in [7, 11) is 2.14. The molecule has 1 aromatic heterocycles. The van der Waals surface area contributed by atoms with Crippen LogP contribution in [0.3, 0.4) is 0 Å². The average molecular weight is 275 g/mol. The summed E-state index contributed by atoms with van der Waals surface area (Å²) in [4.78, 5) is 20.3. The molecule has 0 aromatic carbocycles. The molecule has 3 heterocycles. The van der Waals surface area contributed by atoms with Crippen LogP contribution in [0.25, 0.3) is 0 Å². The molecule has 5 nitrogen and oxygen atoms in total. The molecule has 20 heavy (non-hydrogen) atoms. The fraction of sp³-hybridized carbons (Fsp3) is 0.600. The van der Waals surface area contributed by atoms with Crippen molar-refractivity contribution in [2.75, 3.05) is 25.1 Å². The second-order valence-corrected chi connectivity index (χ2v) is 6.29. The highest BCUT2D eigenvalue weighted by Crippen LogP contribution is 2.34. The number of hydrogen-bond acceptors (Lipinski definition) is 4. The van der Waals surface area contributed by atoms with Crippen LogP contribution in [-0.4, -0.2) is 41.7 Å². The van der Waals surface area contributed by atoms with Crippen LogP contribution in [0.2, 0.25) is 0 Å². The van der Waals surface area contributed by atoms with Crippen molar-refractivity contribution in [2.24, 2.45) is 0 Å². The molecule has 0 aliphatic carbocycles. The molecule has 5 heteroatoms. The Morgan fingerprint density at radius 3 is 2.85 bits per heavy atom. The predicted octanol–water partition coefficient (Wildman–Crippen LogP) is 2.58. The number of ether oxygens (including phenoxy) is 1. The van der Waals surface area contributed by atoms with E-state index in [1.807, 2.05) is 26.0 Å². The van der Waals surface area contributed by atoms with Gasteiger partial charge < -0.3 is 4.74 Å². The number of cyclic esters (lactones) is 1. The standard InChI is InChI=1S/C15H21N3O2/c1-15(2)10-20-14(19)18(15)13-9-11(6-7-16-13)12-5-4-8-17(12)3/h6-7,9,12H,4-5,8,10H2,1-3H3. The summed E-state index contributed by atoms with van der Waals surface area (Å²) < 4.78 is 5.16. The Morgan fingerprint density at radius 2 is 2.25 bits per heavy atom. The minimum atomic E-state index is -0.343. The third kappa shape index (κ3) is 2.16. The fourth-order valence-electron chi connectivity index (χ4n) is 3.11. The van der Waals surface area contributed by atoms with Gasteiger partial charge >= 0.3 is 6.09 Å². The van der Waals surface area contributed by atoms with Crippen LogP contribution in [0.4, 0.5) is 10.6 Å². The van der Waals surface area contributed by atoms with Crippen LogP contribution in [0.15, 0.2) is 18.3 Å². The van der Waals surface area contributed by atoms with E-state index < -0.39 is 0 Å². The molecule has 108 valence electrons. The number of nitrogens with zero attached hydrogens (tertiary/aromatic N) is 3. The van der Waals surface area contributed by atoms with Crippen molar-refractivity contribution >= 4 is 11.9 Å². The van der Waals surface area contributed by atoms with Gasteiger partial charge in [-0.2, -0.15) is 0 Å². The zero-order chi connectivity index (χ0) is 14.3. The summed E-state index contributed by atoms with van der Waals surface area (Å²) in [6.07, 6.45) is 3.86. The highest BCUT2D eigenvalue weighted by molar-refractivity contribution is 5.90. The lowest BCUT2D eigenvalue weighted by Crippen LogP contribution is -2.42. The minimum Gasteiger partial charge on any atom is -0.447 e. The molecule has 0 N–H and O–H groups in total. The molecule has 3 rings (SSSR count). The van der Waals surface area contributed by atoms with Gasteiger partial charge in [0.2, 0.25) is 0 Å². The summed E-state index contributed by atoms with van der Waals surface area (Å²) in [5, 5.41) is 0. The summed E-state index contributed by atoms with van der Waals surface area (Å²) in [5.41, 5.74) is 0.884. The summed E-state index contributed by atoms with van der Waals surface area (Å²) in [6.45, 7) is 5.52. The van der Waals surface area contributed by atoms with Crippen molar-refractivity contribution in [1.29, 1.82) is 0 Å². The summed E-state index contributed by atoms with van der Waals surface area (Å²) in [5.74, 6) is 0.690. The number of likely N-dealkylation sites (tertiary alicyclic amines) is 1. The molecule has 1 atom stereocenters. The van der Waals surface area contributed by atoms with Crippen molar-refractivity contribution in [3.05, 3.63) is 23.9 Å². The number of carbonyl (C=O) groups is 1. The van der Waals surface area contributed by atoms with Gasteiger partial charge in [-0.05, 0) is 58.0 Å². The van der Waals surface area contributed by atoms with Gasteiger partial charge in [0.15, 0.2) is 0 Å². The van der Waals surface area contributed by atoms with Gasteiger partial charge in [0.05, 0.1) is 5.54 Å². The Hall–Kier alpha value is -1.62. The van der Waals surface area contributed by atoms with Gasteiger partial charge in [0.25, 0.3) is 0 Å². The summed E-state index contributed by atoms with van der Waals surface area (Å²) in [6, 6.07) is 4.50. The van der Waals surface area contributed by atoms with Crippen LogP contribution in [0.1, 0.15) is 38.3 Å². The molecular weight excluding hydrogens is 254 g/mol. The Bertz CT molecular complexity index is 530. The van der Waals surface area contributed by atoms with E-state index in [0.717, 1.165) is 13.0 Å². The van der Waals surface area contributed by atoms with Crippen LogP contribution >= 0.6 is 0 Å².